The zero-order valence-corrected chi connectivity index (χ0v) is 13.0. The van der Waals surface area contributed by atoms with Crippen LogP contribution in [0, 0.1) is 28.4 Å². The van der Waals surface area contributed by atoms with Gasteiger partial charge < -0.3 is 11.1 Å². The normalized spacial score (nSPS) is 15.9. The summed E-state index contributed by atoms with van der Waals surface area (Å²) in [5.74, 6) is -1.13. The predicted molar refractivity (Wildman–Crippen MR) is 83.8 cm³/mol. The molecule has 0 heterocycles. The zero-order valence-electron chi connectivity index (χ0n) is 10.7. The van der Waals surface area contributed by atoms with Gasteiger partial charge in [-0.3, -0.25) is 4.99 Å². The molecular weight excluding hydrogens is 377 g/mol. The van der Waals surface area contributed by atoms with Crippen molar-refractivity contribution in [1.82, 2.24) is 0 Å². The second-order valence-electron chi connectivity index (χ2n) is 4.79. The Kier molecular flexibility index (Phi) is 5.68. The molecule has 0 aliphatic heterocycles. The number of benzene rings is 1. The Morgan fingerprint density at radius 1 is 1.45 bits per heavy atom. The van der Waals surface area contributed by atoms with Crippen molar-refractivity contribution in [3.63, 3.8) is 0 Å². The molecule has 2 rings (SSSR count). The van der Waals surface area contributed by atoms with Crippen molar-refractivity contribution in [1.29, 1.82) is 5.26 Å². The maximum Gasteiger partial charge on any atom is 0.193 e. The zero-order chi connectivity index (χ0) is 13.9. The monoisotopic (exact) mass is 392 g/mol. The lowest BCUT2D eigenvalue weighted by Gasteiger charge is -2.10. The average molecular weight is 392 g/mol. The molecule has 4 nitrogen and oxygen atoms in total. The number of halogens is 3. The molecule has 1 saturated carbocycles. The van der Waals surface area contributed by atoms with Crippen LogP contribution in [0.4, 0.5) is 14.5 Å². The average Bonchev–Trinajstić information content (AvgIpc) is 3.12. The van der Waals surface area contributed by atoms with E-state index < -0.39 is 11.6 Å². The molecule has 0 atom stereocenters. The fourth-order valence-electron chi connectivity index (χ4n) is 1.76. The summed E-state index contributed by atoms with van der Waals surface area (Å²) in [6.45, 7) is 0.427. The van der Waals surface area contributed by atoms with Gasteiger partial charge in [0.05, 0.1) is 11.8 Å². The molecule has 1 aromatic carbocycles. The van der Waals surface area contributed by atoms with Gasteiger partial charge in [-0.05, 0) is 25.0 Å². The lowest BCUT2D eigenvalue weighted by Crippen LogP contribution is -2.24. The molecule has 0 saturated heterocycles. The highest BCUT2D eigenvalue weighted by Gasteiger charge is 2.42. The van der Waals surface area contributed by atoms with Crippen LogP contribution in [-0.2, 0) is 0 Å². The summed E-state index contributed by atoms with van der Waals surface area (Å²) in [4.78, 5) is 4.09. The quantitative estimate of drug-likeness (QED) is 0.470. The number of nitrogens with two attached hydrogens (primary N) is 1. The van der Waals surface area contributed by atoms with E-state index in [-0.39, 0.29) is 41.0 Å². The molecule has 108 valence electrons. The predicted octanol–water partition coefficient (Wildman–Crippen LogP) is 3.00. The summed E-state index contributed by atoms with van der Waals surface area (Å²) >= 11 is 0. The van der Waals surface area contributed by atoms with Crippen LogP contribution < -0.4 is 11.1 Å². The molecule has 1 aliphatic rings. The highest BCUT2D eigenvalue weighted by Crippen LogP contribution is 2.48. The van der Waals surface area contributed by atoms with Crippen LogP contribution in [0.1, 0.15) is 19.3 Å². The second-order valence-corrected chi connectivity index (χ2v) is 4.79. The summed E-state index contributed by atoms with van der Waals surface area (Å²) in [6, 6.07) is 5.18. The highest BCUT2D eigenvalue weighted by molar-refractivity contribution is 14.0. The Balaban J connectivity index is 0.00000200. The smallest absolute Gasteiger partial charge is 0.193 e. The van der Waals surface area contributed by atoms with Gasteiger partial charge in [0, 0.05) is 24.4 Å². The third-order valence-corrected chi connectivity index (χ3v) is 3.19. The van der Waals surface area contributed by atoms with E-state index >= 15 is 0 Å². The van der Waals surface area contributed by atoms with Crippen molar-refractivity contribution in [3.8, 4) is 6.07 Å². The van der Waals surface area contributed by atoms with Gasteiger partial charge >= 0.3 is 0 Å². The van der Waals surface area contributed by atoms with Crippen LogP contribution >= 0.6 is 24.0 Å². The van der Waals surface area contributed by atoms with Gasteiger partial charge in [0.15, 0.2) is 5.96 Å². The fraction of sp³-hybridized carbons (Fsp3) is 0.385. The number of aliphatic imine (C=N–C) groups is 1. The Hall–Kier alpha value is -1.43. The number of nitrogens with one attached hydrogen (secondary N) is 1. The van der Waals surface area contributed by atoms with E-state index in [1.165, 1.54) is 0 Å². The van der Waals surface area contributed by atoms with E-state index in [1.54, 1.807) is 0 Å². The minimum atomic E-state index is -0.599. The number of hydrogen-bond donors (Lipinski definition) is 2. The molecule has 7 heteroatoms. The Morgan fingerprint density at radius 3 is 2.75 bits per heavy atom. The molecule has 0 aromatic heterocycles. The number of guanidine groups is 1. The first-order chi connectivity index (χ1) is 9.04. The molecule has 0 spiro atoms. The molecule has 20 heavy (non-hydrogen) atoms. The van der Waals surface area contributed by atoms with Crippen molar-refractivity contribution >= 4 is 35.6 Å². The minimum Gasteiger partial charge on any atom is -0.370 e. The lowest BCUT2D eigenvalue weighted by molar-refractivity contribution is 0.540. The first-order valence-corrected chi connectivity index (χ1v) is 5.94. The summed E-state index contributed by atoms with van der Waals surface area (Å²) < 4.78 is 26.3. The molecule has 0 amide bonds. The lowest BCUT2D eigenvalue weighted by atomic mass is 10.0. The van der Waals surface area contributed by atoms with E-state index in [0.29, 0.717) is 13.0 Å². The topological polar surface area (TPSA) is 74.2 Å². The second kappa shape index (κ2) is 6.83. The maximum atomic E-state index is 13.4. The SMILES string of the molecule is I.N#CCC1(CN=C(N)Nc2cc(F)ccc2F)CC1. The van der Waals surface area contributed by atoms with E-state index in [9.17, 15) is 8.78 Å². The molecule has 1 aromatic rings. The van der Waals surface area contributed by atoms with Gasteiger partial charge in [-0.2, -0.15) is 5.26 Å². The van der Waals surface area contributed by atoms with Crippen LogP contribution in [0.5, 0.6) is 0 Å². The van der Waals surface area contributed by atoms with Gasteiger partial charge in [0.1, 0.15) is 11.6 Å². The van der Waals surface area contributed by atoms with E-state index in [2.05, 4.69) is 16.4 Å². The highest BCUT2D eigenvalue weighted by atomic mass is 127. The van der Waals surface area contributed by atoms with E-state index in [1.807, 2.05) is 0 Å². The summed E-state index contributed by atoms with van der Waals surface area (Å²) in [5.41, 5.74) is 5.51. The first kappa shape index (κ1) is 16.6. The number of nitrogens with zero attached hydrogens (tertiary/aromatic N) is 2. The third kappa shape index (κ3) is 4.30. The molecule has 0 radical (unpaired) electrons. The molecule has 1 aliphatic carbocycles. The number of rotatable bonds is 4. The van der Waals surface area contributed by atoms with Crippen LogP contribution in [0.3, 0.4) is 0 Å². The summed E-state index contributed by atoms with van der Waals surface area (Å²) in [5, 5.41) is 11.2. The minimum absolute atomic E-state index is 0. The largest absolute Gasteiger partial charge is 0.370 e. The number of anilines is 1. The Labute approximate surface area is 133 Å². The van der Waals surface area contributed by atoms with Crippen molar-refractivity contribution in [2.45, 2.75) is 19.3 Å². The van der Waals surface area contributed by atoms with Crippen molar-refractivity contribution in [3.05, 3.63) is 29.8 Å². The van der Waals surface area contributed by atoms with E-state index in [4.69, 9.17) is 11.0 Å². The Morgan fingerprint density at radius 2 is 2.15 bits per heavy atom. The molecule has 3 N–H and O–H groups in total. The van der Waals surface area contributed by atoms with Crippen molar-refractivity contribution in [2.24, 2.45) is 16.1 Å². The third-order valence-electron chi connectivity index (χ3n) is 3.19. The standard InChI is InChI=1S/C13H14F2N4.HI/c14-9-1-2-10(15)11(7-9)19-12(17)18-8-13(3-4-13)5-6-16;/h1-2,7H,3-5,8H2,(H3,17,18,19);1H. The molecular formula is C13H15F2IN4. The summed E-state index contributed by atoms with van der Waals surface area (Å²) in [6.07, 6.45) is 2.34. The maximum absolute atomic E-state index is 13.4. The van der Waals surface area contributed by atoms with Crippen LogP contribution in [0.15, 0.2) is 23.2 Å². The molecule has 0 bridgehead atoms. The van der Waals surface area contributed by atoms with E-state index in [0.717, 1.165) is 31.0 Å². The van der Waals surface area contributed by atoms with Crippen LogP contribution in [-0.4, -0.2) is 12.5 Å². The van der Waals surface area contributed by atoms with Crippen molar-refractivity contribution < 1.29 is 8.78 Å². The van der Waals surface area contributed by atoms with Gasteiger partial charge in [0.2, 0.25) is 0 Å². The van der Waals surface area contributed by atoms with Gasteiger partial charge in [0.25, 0.3) is 0 Å². The van der Waals surface area contributed by atoms with Crippen molar-refractivity contribution in [2.75, 3.05) is 11.9 Å². The summed E-state index contributed by atoms with van der Waals surface area (Å²) in [7, 11) is 0. The molecule has 0 unspecified atom stereocenters. The van der Waals surface area contributed by atoms with Gasteiger partial charge in [-0.1, -0.05) is 0 Å². The van der Waals surface area contributed by atoms with Gasteiger partial charge in [-0.15, -0.1) is 24.0 Å². The molecule has 1 fully saturated rings. The number of nitriles is 1. The fourth-order valence-corrected chi connectivity index (χ4v) is 1.76. The first-order valence-electron chi connectivity index (χ1n) is 5.94. The Bertz CT molecular complexity index is 550. The van der Waals surface area contributed by atoms with Gasteiger partial charge in [-0.25, -0.2) is 8.78 Å². The van der Waals surface area contributed by atoms with Crippen LogP contribution in [0.2, 0.25) is 0 Å². The van der Waals surface area contributed by atoms with Crippen LogP contribution in [0.25, 0.3) is 0 Å². The number of hydrogen-bond acceptors (Lipinski definition) is 2.